The summed E-state index contributed by atoms with van der Waals surface area (Å²) < 4.78 is 5.17. The summed E-state index contributed by atoms with van der Waals surface area (Å²) in [5.41, 5.74) is 2.05. The van der Waals surface area contributed by atoms with E-state index in [4.69, 9.17) is 4.74 Å². The zero-order valence-corrected chi connectivity index (χ0v) is 11.7. The van der Waals surface area contributed by atoms with Crippen molar-refractivity contribution >= 4 is 5.78 Å². The van der Waals surface area contributed by atoms with Crippen LogP contribution in [0.5, 0.6) is 5.75 Å². The topological polar surface area (TPSA) is 26.3 Å². The molecule has 1 aliphatic carbocycles. The lowest BCUT2D eigenvalue weighted by molar-refractivity contribution is 0.0960. The molecule has 102 valence electrons. The molecular formula is C18H18O2. The normalized spacial score (nSPS) is 24.2. The van der Waals surface area contributed by atoms with Crippen molar-refractivity contribution in [3.8, 4) is 5.75 Å². The fourth-order valence-electron chi connectivity index (χ4n) is 3.00. The average molecular weight is 266 g/mol. The van der Waals surface area contributed by atoms with Gasteiger partial charge in [0, 0.05) is 11.5 Å². The molecule has 1 saturated carbocycles. The highest BCUT2D eigenvalue weighted by atomic mass is 16.5. The first-order valence-electron chi connectivity index (χ1n) is 6.95. The van der Waals surface area contributed by atoms with Gasteiger partial charge in [-0.1, -0.05) is 49.4 Å². The zero-order valence-electron chi connectivity index (χ0n) is 11.7. The molecular weight excluding hydrogens is 248 g/mol. The molecule has 20 heavy (non-hydrogen) atoms. The fraction of sp³-hybridized carbons (Fsp3) is 0.278. The summed E-state index contributed by atoms with van der Waals surface area (Å²) in [5, 5.41) is 0. The van der Waals surface area contributed by atoms with Crippen molar-refractivity contribution in [1.82, 2.24) is 0 Å². The lowest BCUT2D eigenvalue weighted by Gasteiger charge is -2.03. The third-order valence-corrected chi connectivity index (χ3v) is 4.24. The average Bonchev–Trinajstić information content (AvgIpc) is 3.18. The van der Waals surface area contributed by atoms with Crippen LogP contribution in [-0.4, -0.2) is 12.9 Å². The van der Waals surface area contributed by atoms with Gasteiger partial charge in [-0.3, -0.25) is 4.79 Å². The van der Waals surface area contributed by atoms with Crippen molar-refractivity contribution in [1.29, 1.82) is 0 Å². The predicted molar refractivity (Wildman–Crippen MR) is 79.2 cm³/mol. The van der Waals surface area contributed by atoms with Crippen molar-refractivity contribution in [3.63, 3.8) is 0 Å². The van der Waals surface area contributed by atoms with Crippen molar-refractivity contribution in [2.45, 2.75) is 12.8 Å². The van der Waals surface area contributed by atoms with Crippen LogP contribution in [0, 0.1) is 11.8 Å². The molecule has 0 heterocycles. The van der Waals surface area contributed by atoms with Crippen LogP contribution in [0.3, 0.4) is 0 Å². The third-order valence-electron chi connectivity index (χ3n) is 4.24. The van der Waals surface area contributed by atoms with Gasteiger partial charge in [0.15, 0.2) is 5.78 Å². The molecule has 3 unspecified atom stereocenters. The first-order chi connectivity index (χ1) is 9.72. The summed E-state index contributed by atoms with van der Waals surface area (Å²) in [6, 6.07) is 17.6. The SMILES string of the molecule is COc1ccc(C2C(C)C2C(=O)c2ccccc2)cc1. The number of ketones is 1. The van der Waals surface area contributed by atoms with Gasteiger partial charge in [0.1, 0.15) is 5.75 Å². The monoisotopic (exact) mass is 266 g/mol. The number of hydrogen-bond acceptors (Lipinski definition) is 2. The van der Waals surface area contributed by atoms with Crippen LogP contribution in [0.4, 0.5) is 0 Å². The van der Waals surface area contributed by atoms with E-state index in [1.165, 1.54) is 5.56 Å². The summed E-state index contributed by atoms with van der Waals surface area (Å²) in [5.74, 6) is 1.99. The fourth-order valence-corrected chi connectivity index (χ4v) is 3.00. The molecule has 1 fully saturated rings. The van der Waals surface area contributed by atoms with Gasteiger partial charge in [-0.2, -0.15) is 0 Å². The quantitative estimate of drug-likeness (QED) is 0.784. The molecule has 0 bridgehead atoms. The number of methoxy groups -OCH3 is 1. The smallest absolute Gasteiger partial charge is 0.166 e. The molecule has 0 saturated heterocycles. The van der Waals surface area contributed by atoms with Gasteiger partial charge < -0.3 is 4.74 Å². The Morgan fingerprint density at radius 3 is 2.25 bits per heavy atom. The maximum absolute atomic E-state index is 12.5. The highest BCUT2D eigenvalue weighted by Crippen LogP contribution is 2.55. The van der Waals surface area contributed by atoms with E-state index in [1.54, 1.807) is 7.11 Å². The summed E-state index contributed by atoms with van der Waals surface area (Å²) in [7, 11) is 1.66. The maximum Gasteiger partial charge on any atom is 0.166 e. The molecule has 2 aromatic rings. The molecule has 3 atom stereocenters. The number of Topliss-reactive ketones (excluding diaryl/α,β-unsaturated/α-hetero) is 1. The molecule has 0 N–H and O–H groups in total. The summed E-state index contributed by atoms with van der Waals surface area (Å²) in [4.78, 5) is 12.5. The van der Waals surface area contributed by atoms with Crippen molar-refractivity contribution in [3.05, 3.63) is 65.7 Å². The maximum atomic E-state index is 12.5. The van der Waals surface area contributed by atoms with Gasteiger partial charge in [0.05, 0.1) is 7.11 Å². The van der Waals surface area contributed by atoms with Crippen molar-refractivity contribution in [2.24, 2.45) is 11.8 Å². The standard InChI is InChI=1S/C18H18O2/c1-12-16(13-8-10-15(20-2)11-9-13)17(12)18(19)14-6-4-3-5-7-14/h3-12,16-17H,1-2H3. The Labute approximate surface area is 119 Å². The van der Waals surface area contributed by atoms with Gasteiger partial charge in [-0.05, 0) is 29.5 Å². The van der Waals surface area contributed by atoms with E-state index in [0.29, 0.717) is 11.8 Å². The Hall–Kier alpha value is -2.09. The predicted octanol–water partition coefficient (Wildman–Crippen LogP) is 3.93. The Balaban J connectivity index is 1.78. The minimum absolute atomic E-state index is 0.116. The highest BCUT2D eigenvalue weighted by molar-refractivity contribution is 6.00. The van der Waals surface area contributed by atoms with Crippen LogP contribution < -0.4 is 4.74 Å². The Morgan fingerprint density at radius 2 is 1.65 bits per heavy atom. The molecule has 0 spiro atoms. The number of carbonyl (C=O) groups excluding carboxylic acids is 1. The second-order valence-electron chi connectivity index (χ2n) is 5.41. The van der Waals surface area contributed by atoms with Gasteiger partial charge in [-0.15, -0.1) is 0 Å². The Morgan fingerprint density at radius 1 is 1.00 bits per heavy atom. The third kappa shape index (κ3) is 2.22. The minimum atomic E-state index is 0.116. The summed E-state index contributed by atoms with van der Waals surface area (Å²) in [6.45, 7) is 2.15. The second-order valence-corrected chi connectivity index (χ2v) is 5.41. The number of benzene rings is 2. The zero-order chi connectivity index (χ0) is 14.1. The van der Waals surface area contributed by atoms with Crippen molar-refractivity contribution in [2.75, 3.05) is 7.11 Å². The molecule has 0 aliphatic heterocycles. The van der Waals surface area contributed by atoms with Gasteiger partial charge >= 0.3 is 0 Å². The van der Waals surface area contributed by atoms with E-state index >= 15 is 0 Å². The molecule has 2 heteroatoms. The molecule has 0 amide bonds. The van der Waals surface area contributed by atoms with Crippen LogP contribution >= 0.6 is 0 Å². The highest BCUT2D eigenvalue weighted by Gasteiger charge is 2.52. The molecule has 2 nitrogen and oxygen atoms in total. The van der Waals surface area contributed by atoms with Crippen LogP contribution in [0.1, 0.15) is 28.8 Å². The molecule has 1 aliphatic rings. The van der Waals surface area contributed by atoms with E-state index in [9.17, 15) is 4.79 Å². The van der Waals surface area contributed by atoms with Crippen LogP contribution in [-0.2, 0) is 0 Å². The van der Waals surface area contributed by atoms with E-state index in [2.05, 4.69) is 19.1 Å². The Bertz CT molecular complexity index is 601. The van der Waals surface area contributed by atoms with Crippen LogP contribution in [0.15, 0.2) is 54.6 Å². The number of carbonyl (C=O) groups is 1. The number of hydrogen-bond donors (Lipinski definition) is 0. The van der Waals surface area contributed by atoms with E-state index in [-0.39, 0.29) is 11.7 Å². The van der Waals surface area contributed by atoms with E-state index in [0.717, 1.165) is 11.3 Å². The van der Waals surface area contributed by atoms with Gasteiger partial charge in [-0.25, -0.2) is 0 Å². The lowest BCUT2D eigenvalue weighted by atomic mass is 10.0. The van der Waals surface area contributed by atoms with E-state index in [1.807, 2.05) is 42.5 Å². The summed E-state index contributed by atoms with van der Waals surface area (Å²) in [6.07, 6.45) is 0. The first-order valence-corrected chi connectivity index (χ1v) is 6.95. The largest absolute Gasteiger partial charge is 0.497 e. The van der Waals surface area contributed by atoms with Gasteiger partial charge in [0.2, 0.25) is 0 Å². The minimum Gasteiger partial charge on any atom is -0.497 e. The Kier molecular flexibility index (Phi) is 3.31. The molecule has 2 aromatic carbocycles. The lowest BCUT2D eigenvalue weighted by Crippen LogP contribution is -2.03. The molecule has 3 rings (SSSR count). The first kappa shape index (κ1) is 12.9. The van der Waals surface area contributed by atoms with Crippen LogP contribution in [0.2, 0.25) is 0 Å². The second kappa shape index (κ2) is 5.12. The number of ether oxygens (including phenoxy) is 1. The van der Waals surface area contributed by atoms with Crippen LogP contribution in [0.25, 0.3) is 0 Å². The number of rotatable bonds is 4. The summed E-state index contributed by atoms with van der Waals surface area (Å²) >= 11 is 0. The molecule has 0 aromatic heterocycles. The van der Waals surface area contributed by atoms with Crippen molar-refractivity contribution < 1.29 is 9.53 Å². The molecule has 0 radical (unpaired) electrons. The van der Waals surface area contributed by atoms with Gasteiger partial charge in [0.25, 0.3) is 0 Å². The van der Waals surface area contributed by atoms with E-state index < -0.39 is 0 Å².